The topological polar surface area (TPSA) is 48.1 Å². The molecule has 0 amide bonds. The van der Waals surface area contributed by atoms with Crippen molar-refractivity contribution in [2.24, 2.45) is 0 Å². The number of methoxy groups -OCH3 is 1. The second-order valence-electron chi connectivity index (χ2n) is 4.48. The normalized spacial score (nSPS) is 20.2. The first-order valence-electron chi connectivity index (χ1n) is 6.34. The van der Waals surface area contributed by atoms with Crippen LogP contribution in [0.25, 0.3) is 0 Å². The van der Waals surface area contributed by atoms with Crippen molar-refractivity contribution in [2.45, 2.75) is 12.2 Å². The van der Waals surface area contributed by atoms with E-state index in [-0.39, 0.29) is 12.1 Å². The average Bonchev–Trinajstić information content (AvgIpc) is 3.29. The molecule has 2 aromatic carbocycles. The zero-order valence-corrected chi connectivity index (χ0v) is 11.0. The third-order valence-corrected chi connectivity index (χ3v) is 3.13. The standard InChI is InChI=1S/C16H14O4/c1-18-12-9-7-11(8-10-12)14-15(20-14)16(17)19-13-5-3-2-4-6-13/h2-10,14-15H,1H3/t14-,15+/m1/s1. The lowest BCUT2D eigenvalue weighted by Gasteiger charge is -2.02. The molecule has 1 aliphatic heterocycles. The summed E-state index contributed by atoms with van der Waals surface area (Å²) in [5.74, 6) is 0.941. The number of rotatable bonds is 4. The Morgan fingerprint density at radius 1 is 1.00 bits per heavy atom. The molecule has 0 aliphatic carbocycles. The highest BCUT2D eigenvalue weighted by Crippen LogP contribution is 2.40. The third-order valence-electron chi connectivity index (χ3n) is 3.13. The van der Waals surface area contributed by atoms with Crippen LogP contribution in [-0.2, 0) is 9.53 Å². The zero-order valence-electron chi connectivity index (χ0n) is 11.0. The van der Waals surface area contributed by atoms with Gasteiger partial charge in [0.1, 0.15) is 17.6 Å². The molecule has 20 heavy (non-hydrogen) atoms. The minimum absolute atomic E-state index is 0.225. The summed E-state index contributed by atoms with van der Waals surface area (Å²) < 4.78 is 15.7. The lowest BCUT2D eigenvalue weighted by molar-refractivity contribution is -0.135. The molecule has 1 fully saturated rings. The Balaban J connectivity index is 1.62. The monoisotopic (exact) mass is 270 g/mol. The number of hydrogen-bond donors (Lipinski definition) is 0. The van der Waals surface area contributed by atoms with E-state index < -0.39 is 6.10 Å². The molecule has 0 bridgehead atoms. The molecule has 0 N–H and O–H groups in total. The highest BCUT2D eigenvalue weighted by atomic mass is 16.6. The van der Waals surface area contributed by atoms with Crippen molar-refractivity contribution in [3.8, 4) is 11.5 Å². The van der Waals surface area contributed by atoms with Crippen LogP contribution in [0.2, 0.25) is 0 Å². The molecule has 4 heteroatoms. The molecule has 3 rings (SSSR count). The summed E-state index contributed by atoms with van der Waals surface area (Å²) in [6, 6.07) is 16.4. The SMILES string of the molecule is COc1ccc([C@H]2O[C@@H]2C(=O)Oc2ccccc2)cc1. The van der Waals surface area contributed by atoms with E-state index in [4.69, 9.17) is 14.2 Å². The number of para-hydroxylation sites is 1. The molecule has 0 spiro atoms. The lowest BCUT2D eigenvalue weighted by atomic mass is 10.1. The minimum atomic E-state index is -0.524. The van der Waals surface area contributed by atoms with Gasteiger partial charge in [0.2, 0.25) is 0 Å². The lowest BCUT2D eigenvalue weighted by Crippen LogP contribution is -2.15. The summed E-state index contributed by atoms with van der Waals surface area (Å²) in [5.41, 5.74) is 0.945. The summed E-state index contributed by atoms with van der Waals surface area (Å²) in [6.45, 7) is 0. The van der Waals surface area contributed by atoms with Crippen molar-refractivity contribution in [3.63, 3.8) is 0 Å². The summed E-state index contributed by atoms with van der Waals surface area (Å²) in [4.78, 5) is 11.9. The first-order chi connectivity index (χ1) is 9.78. The van der Waals surface area contributed by atoms with E-state index in [1.807, 2.05) is 42.5 Å². The number of carbonyl (C=O) groups is 1. The second kappa shape index (κ2) is 5.35. The minimum Gasteiger partial charge on any atom is -0.497 e. The predicted octanol–water partition coefficient (Wildman–Crippen LogP) is 2.74. The van der Waals surface area contributed by atoms with Crippen molar-refractivity contribution in [1.29, 1.82) is 0 Å². The van der Waals surface area contributed by atoms with Crippen LogP contribution in [0.4, 0.5) is 0 Å². The fraction of sp³-hybridized carbons (Fsp3) is 0.188. The molecule has 4 nitrogen and oxygen atoms in total. The van der Waals surface area contributed by atoms with Crippen LogP contribution >= 0.6 is 0 Å². The van der Waals surface area contributed by atoms with Crippen LogP contribution in [0, 0.1) is 0 Å². The van der Waals surface area contributed by atoms with Gasteiger partial charge in [-0.15, -0.1) is 0 Å². The van der Waals surface area contributed by atoms with Crippen LogP contribution < -0.4 is 9.47 Å². The molecule has 0 saturated carbocycles. The van der Waals surface area contributed by atoms with Crippen LogP contribution in [-0.4, -0.2) is 19.2 Å². The summed E-state index contributed by atoms with van der Waals surface area (Å²) >= 11 is 0. The van der Waals surface area contributed by atoms with Gasteiger partial charge < -0.3 is 14.2 Å². The molecule has 0 aromatic heterocycles. The van der Waals surface area contributed by atoms with Gasteiger partial charge in [0.25, 0.3) is 0 Å². The van der Waals surface area contributed by atoms with Gasteiger partial charge in [0.05, 0.1) is 7.11 Å². The van der Waals surface area contributed by atoms with E-state index >= 15 is 0 Å². The van der Waals surface area contributed by atoms with Gasteiger partial charge in [-0.25, -0.2) is 4.79 Å². The number of esters is 1. The zero-order chi connectivity index (χ0) is 13.9. The Bertz CT molecular complexity index is 592. The molecule has 2 aromatic rings. The van der Waals surface area contributed by atoms with Crippen molar-refractivity contribution < 1.29 is 19.0 Å². The summed E-state index contributed by atoms with van der Waals surface area (Å²) in [7, 11) is 1.61. The number of ether oxygens (including phenoxy) is 3. The first kappa shape index (κ1) is 12.7. The van der Waals surface area contributed by atoms with Crippen LogP contribution in [0.3, 0.4) is 0 Å². The smallest absolute Gasteiger partial charge is 0.343 e. The average molecular weight is 270 g/mol. The number of carbonyl (C=O) groups excluding carboxylic acids is 1. The van der Waals surface area contributed by atoms with E-state index in [0.29, 0.717) is 5.75 Å². The quantitative estimate of drug-likeness (QED) is 0.487. The van der Waals surface area contributed by atoms with E-state index in [2.05, 4.69) is 0 Å². The molecule has 102 valence electrons. The van der Waals surface area contributed by atoms with Crippen molar-refractivity contribution in [1.82, 2.24) is 0 Å². The fourth-order valence-electron chi connectivity index (χ4n) is 2.00. The summed E-state index contributed by atoms with van der Waals surface area (Å²) in [6.07, 6.45) is -0.749. The number of epoxide rings is 1. The molecule has 0 unspecified atom stereocenters. The van der Waals surface area contributed by atoms with Gasteiger partial charge >= 0.3 is 5.97 Å². The molecule has 0 radical (unpaired) electrons. The van der Waals surface area contributed by atoms with Crippen LogP contribution in [0.15, 0.2) is 54.6 Å². The number of hydrogen-bond acceptors (Lipinski definition) is 4. The molecule has 1 saturated heterocycles. The Kier molecular flexibility index (Phi) is 3.39. The predicted molar refractivity (Wildman–Crippen MR) is 72.7 cm³/mol. The van der Waals surface area contributed by atoms with Gasteiger partial charge in [0, 0.05) is 0 Å². The second-order valence-corrected chi connectivity index (χ2v) is 4.48. The van der Waals surface area contributed by atoms with Crippen molar-refractivity contribution >= 4 is 5.97 Å². The fourth-order valence-corrected chi connectivity index (χ4v) is 2.00. The van der Waals surface area contributed by atoms with Crippen molar-refractivity contribution in [3.05, 3.63) is 60.2 Å². The van der Waals surface area contributed by atoms with Gasteiger partial charge in [-0.1, -0.05) is 30.3 Å². The van der Waals surface area contributed by atoms with E-state index in [1.165, 1.54) is 0 Å². The Morgan fingerprint density at radius 2 is 1.70 bits per heavy atom. The third kappa shape index (κ3) is 2.65. The maximum atomic E-state index is 11.9. The number of benzene rings is 2. The van der Waals surface area contributed by atoms with E-state index in [9.17, 15) is 4.79 Å². The highest BCUT2D eigenvalue weighted by molar-refractivity contribution is 5.80. The van der Waals surface area contributed by atoms with Gasteiger partial charge in [-0.05, 0) is 29.8 Å². The Morgan fingerprint density at radius 3 is 2.35 bits per heavy atom. The molecular weight excluding hydrogens is 256 g/mol. The highest BCUT2D eigenvalue weighted by Gasteiger charge is 2.47. The summed E-state index contributed by atoms with van der Waals surface area (Å²) in [5, 5.41) is 0. The van der Waals surface area contributed by atoms with Gasteiger partial charge in [-0.3, -0.25) is 0 Å². The molecule has 2 atom stereocenters. The van der Waals surface area contributed by atoms with Crippen LogP contribution in [0.1, 0.15) is 11.7 Å². The largest absolute Gasteiger partial charge is 0.497 e. The van der Waals surface area contributed by atoms with Crippen LogP contribution in [0.5, 0.6) is 11.5 Å². The van der Waals surface area contributed by atoms with E-state index in [0.717, 1.165) is 11.3 Å². The Labute approximate surface area is 116 Å². The van der Waals surface area contributed by atoms with Gasteiger partial charge in [0.15, 0.2) is 6.10 Å². The Hall–Kier alpha value is -2.33. The molecular formula is C16H14O4. The van der Waals surface area contributed by atoms with E-state index in [1.54, 1.807) is 19.2 Å². The molecule has 1 aliphatic rings. The first-order valence-corrected chi connectivity index (χ1v) is 6.34. The molecule has 1 heterocycles. The maximum absolute atomic E-state index is 11.9. The van der Waals surface area contributed by atoms with Crippen molar-refractivity contribution in [2.75, 3.05) is 7.11 Å². The maximum Gasteiger partial charge on any atom is 0.343 e. The van der Waals surface area contributed by atoms with Gasteiger partial charge in [-0.2, -0.15) is 0 Å².